The molecule has 0 radical (unpaired) electrons. The largest absolute Gasteiger partial charge is 0.409 e. The molecule has 1 heterocycles. The van der Waals surface area contributed by atoms with Gasteiger partial charge in [0.15, 0.2) is 5.84 Å². The number of hydrogen-bond donors (Lipinski definition) is 2. The van der Waals surface area contributed by atoms with Crippen LogP contribution in [0.2, 0.25) is 0 Å². The van der Waals surface area contributed by atoms with Crippen LogP contribution in [0, 0.1) is 11.3 Å². The number of aromatic nitrogens is 2. The van der Waals surface area contributed by atoms with E-state index in [9.17, 15) is 10.0 Å². The van der Waals surface area contributed by atoms with Crippen LogP contribution in [0.1, 0.15) is 20.8 Å². The first-order valence-electron chi connectivity index (χ1n) is 5.45. The average Bonchev–Trinajstić information content (AvgIpc) is 2.69. The van der Waals surface area contributed by atoms with Gasteiger partial charge in [-0.3, -0.25) is 4.79 Å². The molecule has 1 aromatic rings. The normalized spacial score (nSPS) is 14.4. The molecule has 0 aliphatic rings. The third-order valence-corrected chi connectivity index (χ3v) is 2.93. The number of nitrogens with one attached hydrogen (secondary N) is 1. The minimum atomic E-state index is -0.612. The predicted octanol–water partition coefficient (Wildman–Crippen LogP) is 1.69. The van der Waals surface area contributed by atoms with Gasteiger partial charge in [0.2, 0.25) is 5.91 Å². The van der Waals surface area contributed by atoms with Crippen LogP contribution in [0.4, 0.5) is 0 Å². The van der Waals surface area contributed by atoms with E-state index in [1.165, 1.54) is 4.68 Å². The van der Waals surface area contributed by atoms with E-state index < -0.39 is 11.3 Å². The number of nitrogens with zero attached hydrogens (tertiary/aromatic N) is 3. The molecule has 1 amide bonds. The first kappa shape index (κ1) is 14.7. The molecule has 0 fully saturated rings. The number of halogens is 1. The van der Waals surface area contributed by atoms with Crippen LogP contribution in [0.5, 0.6) is 0 Å². The molecular weight excluding hydrogens is 300 g/mol. The zero-order chi connectivity index (χ0) is 13.9. The minimum absolute atomic E-state index is 0.188. The summed E-state index contributed by atoms with van der Waals surface area (Å²) in [5.41, 5.74) is -0.403. The van der Waals surface area contributed by atoms with E-state index in [-0.39, 0.29) is 11.7 Å². The molecule has 2 N–H and O–H groups in total. The van der Waals surface area contributed by atoms with Crippen molar-refractivity contribution in [1.82, 2.24) is 15.1 Å². The number of rotatable bonds is 2. The van der Waals surface area contributed by atoms with E-state index in [0.717, 1.165) is 4.47 Å². The summed E-state index contributed by atoms with van der Waals surface area (Å²) in [7, 11) is 1.55. The summed E-state index contributed by atoms with van der Waals surface area (Å²) >= 11 is 3.26. The van der Waals surface area contributed by atoms with Crippen molar-refractivity contribution in [3.8, 4) is 0 Å². The summed E-state index contributed by atoms with van der Waals surface area (Å²) < 4.78 is 2.13. The number of amides is 1. The van der Waals surface area contributed by atoms with Gasteiger partial charge in [-0.05, 0) is 21.3 Å². The molecule has 100 valence electrons. The standard InChI is InChI=1S/C11H17BrN4O2/c1-11(2,3)8(10(17)13-4)9(15-18)16-6-7(12)5-14-16/h5-6,8,18H,1-4H3,(H,13,17). The number of carbonyl (C=O) groups excluding carboxylic acids is 1. The van der Waals surface area contributed by atoms with E-state index in [1.54, 1.807) is 19.4 Å². The molecule has 0 saturated heterocycles. The molecule has 0 aromatic carbocycles. The van der Waals surface area contributed by atoms with Gasteiger partial charge in [0.25, 0.3) is 0 Å². The van der Waals surface area contributed by atoms with Crippen LogP contribution in [0.15, 0.2) is 22.0 Å². The summed E-state index contributed by atoms with van der Waals surface area (Å²) in [6.45, 7) is 5.70. The zero-order valence-corrected chi connectivity index (χ0v) is 12.4. The van der Waals surface area contributed by atoms with Crippen LogP contribution >= 0.6 is 15.9 Å². The fourth-order valence-electron chi connectivity index (χ4n) is 1.70. The van der Waals surface area contributed by atoms with E-state index in [0.29, 0.717) is 0 Å². The second-order valence-corrected chi connectivity index (χ2v) is 5.89. The molecule has 1 rings (SSSR count). The number of hydrogen-bond acceptors (Lipinski definition) is 4. The topological polar surface area (TPSA) is 79.5 Å². The summed E-state index contributed by atoms with van der Waals surface area (Å²) in [5, 5.41) is 19.1. The SMILES string of the molecule is CNC(=O)C(C(=NO)n1cc(Br)cn1)C(C)(C)C. The fourth-order valence-corrected chi connectivity index (χ4v) is 1.99. The van der Waals surface area contributed by atoms with Crippen LogP contribution in [0.25, 0.3) is 0 Å². The van der Waals surface area contributed by atoms with Crippen molar-refractivity contribution in [2.24, 2.45) is 16.5 Å². The van der Waals surface area contributed by atoms with Crippen molar-refractivity contribution in [3.63, 3.8) is 0 Å². The summed E-state index contributed by atoms with van der Waals surface area (Å²) in [5.74, 6) is -0.645. The number of carbonyl (C=O) groups is 1. The lowest BCUT2D eigenvalue weighted by atomic mass is 9.79. The predicted molar refractivity (Wildman–Crippen MR) is 71.6 cm³/mol. The Hall–Kier alpha value is -1.37. The maximum atomic E-state index is 12.0. The molecule has 0 bridgehead atoms. The molecule has 0 aliphatic heterocycles. The lowest BCUT2D eigenvalue weighted by Gasteiger charge is -2.29. The Morgan fingerprint density at radius 1 is 1.61 bits per heavy atom. The Labute approximate surface area is 114 Å². The Morgan fingerprint density at radius 3 is 2.56 bits per heavy atom. The summed E-state index contributed by atoms with van der Waals surface area (Å²) in [6, 6.07) is 0. The highest BCUT2D eigenvalue weighted by Crippen LogP contribution is 2.28. The molecule has 0 saturated carbocycles. The van der Waals surface area contributed by atoms with Gasteiger partial charge in [0.05, 0.1) is 10.7 Å². The summed E-state index contributed by atoms with van der Waals surface area (Å²) in [6.07, 6.45) is 3.20. The van der Waals surface area contributed by atoms with Gasteiger partial charge < -0.3 is 10.5 Å². The van der Waals surface area contributed by atoms with E-state index in [4.69, 9.17) is 0 Å². The second kappa shape index (κ2) is 5.51. The Bertz CT molecular complexity index is 462. The zero-order valence-electron chi connectivity index (χ0n) is 10.8. The highest BCUT2D eigenvalue weighted by atomic mass is 79.9. The highest BCUT2D eigenvalue weighted by Gasteiger charge is 2.37. The molecular formula is C11H17BrN4O2. The van der Waals surface area contributed by atoms with Gasteiger partial charge in [-0.15, -0.1) is 0 Å². The highest BCUT2D eigenvalue weighted by molar-refractivity contribution is 9.10. The van der Waals surface area contributed by atoms with Crippen molar-refractivity contribution in [2.75, 3.05) is 7.05 Å². The molecule has 18 heavy (non-hydrogen) atoms. The molecule has 1 atom stereocenters. The van der Waals surface area contributed by atoms with Gasteiger partial charge in [0.1, 0.15) is 5.92 Å². The molecule has 0 aliphatic carbocycles. The van der Waals surface area contributed by atoms with Crippen molar-refractivity contribution >= 4 is 27.7 Å². The lowest BCUT2D eigenvalue weighted by Crippen LogP contribution is -2.44. The number of oxime groups is 1. The molecule has 7 heteroatoms. The molecule has 0 spiro atoms. The summed E-state index contributed by atoms with van der Waals surface area (Å²) in [4.78, 5) is 12.0. The van der Waals surface area contributed by atoms with Crippen LogP contribution in [-0.4, -0.2) is 33.8 Å². The van der Waals surface area contributed by atoms with E-state index in [2.05, 4.69) is 31.5 Å². The van der Waals surface area contributed by atoms with Gasteiger partial charge in [0, 0.05) is 13.2 Å². The average molecular weight is 317 g/mol. The van der Waals surface area contributed by atoms with Crippen molar-refractivity contribution < 1.29 is 10.0 Å². The van der Waals surface area contributed by atoms with Gasteiger partial charge in [-0.2, -0.15) is 5.10 Å². The smallest absolute Gasteiger partial charge is 0.231 e. The monoisotopic (exact) mass is 316 g/mol. The lowest BCUT2D eigenvalue weighted by molar-refractivity contribution is -0.125. The van der Waals surface area contributed by atoms with Gasteiger partial charge in [-0.1, -0.05) is 25.9 Å². The van der Waals surface area contributed by atoms with E-state index in [1.807, 2.05) is 20.8 Å². The Morgan fingerprint density at radius 2 is 2.22 bits per heavy atom. The van der Waals surface area contributed by atoms with E-state index >= 15 is 0 Å². The first-order chi connectivity index (χ1) is 8.31. The first-order valence-corrected chi connectivity index (χ1v) is 6.24. The van der Waals surface area contributed by atoms with Gasteiger partial charge in [-0.25, -0.2) is 4.68 Å². The molecule has 1 aromatic heterocycles. The van der Waals surface area contributed by atoms with Crippen molar-refractivity contribution in [2.45, 2.75) is 20.8 Å². The van der Waals surface area contributed by atoms with Gasteiger partial charge >= 0.3 is 0 Å². The second-order valence-electron chi connectivity index (χ2n) is 4.97. The third-order valence-electron chi connectivity index (χ3n) is 2.52. The van der Waals surface area contributed by atoms with Crippen LogP contribution in [-0.2, 0) is 4.79 Å². The maximum Gasteiger partial charge on any atom is 0.231 e. The Kier molecular flexibility index (Phi) is 4.50. The third kappa shape index (κ3) is 3.10. The maximum absolute atomic E-state index is 12.0. The van der Waals surface area contributed by atoms with Crippen LogP contribution in [0.3, 0.4) is 0 Å². The fraction of sp³-hybridized carbons (Fsp3) is 0.545. The quantitative estimate of drug-likeness (QED) is 0.377. The van der Waals surface area contributed by atoms with Crippen molar-refractivity contribution in [1.29, 1.82) is 0 Å². The minimum Gasteiger partial charge on any atom is -0.409 e. The molecule has 1 unspecified atom stereocenters. The Balaban J connectivity index is 3.23. The molecule has 6 nitrogen and oxygen atoms in total. The van der Waals surface area contributed by atoms with Crippen LogP contribution < -0.4 is 5.32 Å². The van der Waals surface area contributed by atoms with Crippen molar-refractivity contribution in [3.05, 3.63) is 16.9 Å².